The minimum Gasteiger partial charge on any atom is -0.309 e. The lowest BCUT2D eigenvalue weighted by Gasteiger charge is -2.19. The number of nitrogens with one attached hydrogen (secondary N) is 1. The van der Waals surface area contributed by atoms with Gasteiger partial charge in [0.05, 0.1) is 11.6 Å². The fourth-order valence-corrected chi connectivity index (χ4v) is 1.99. The largest absolute Gasteiger partial charge is 0.416 e. The van der Waals surface area contributed by atoms with Crippen LogP contribution in [0.15, 0.2) is 42.7 Å². The molecule has 6 heteroatoms. The normalized spacial score (nSPS) is 13.2. The first-order valence-corrected chi connectivity index (χ1v) is 5.87. The van der Waals surface area contributed by atoms with E-state index in [4.69, 9.17) is 0 Å². The first kappa shape index (κ1) is 14.5. The molecule has 0 spiro atoms. The van der Waals surface area contributed by atoms with Crippen LogP contribution in [0, 0.1) is 5.82 Å². The van der Waals surface area contributed by atoms with Gasteiger partial charge in [-0.25, -0.2) is 4.39 Å². The zero-order valence-electron chi connectivity index (χ0n) is 10.6. The van der Waals surface area contributed by atoms with Gasteiger partial charge in [0, 0.05) is 18.0 Å². The highest BCUT2D eigenvalue weighted by atomic mass is 19.4. The van der Waals surface area contributed by atoms with Crippen molar-refractivity contribution in [1.29, 1.82) is 0 Å². The summed E-state index contributed by atoms with van der Waals surface area (Å²) in [6.45, 7) is 0. The Balaban J connectivity index is 2.50. The highest BCUT2D eigenvalue weighted by molar-refractivity contribution is 5.35. The standard InChI is InChI=1S/C14H12F4N2/c1-19-13(9-3-2-6-20-8-9)11-7-10(14(16,17)18)4-5-12(11)15/h2-8,13,19H,1H3. The van der Waals surface area contributed by atoms with E-state index in [9.17, 15) is 17.6 Å². The summed E-state index contributed by atoms with van der Waals surface area (Å²) in [5.74, 6) is -0.693. The van der Waals surface area contributed by atoms with E-state index in [2.05, 4.69) is 10.3 Å². The Morgan fingerprint density at radius 2 is 1.95 bits per heavy atom. The van der Waals surface area contributed by atoms with E-state index in [0.717, 1.165) is 18.2 Å². The summed E-state index contributed by atoms with van der Waals surface area (Å²) in [6, 6.07) is 5.02. The molecule has 1 N–H and O–H groups in total. The third kappa shape index (κ3) is 2.96. The molecule has 1 aromatic carbocycles. The first-order chi connectivity index (χ1) is 9.43. The molecule has 1 unspecified atom stereocenters. The number of pyridine rings is 1. The van der Waals surface area contributed by atoms with E-state index in [0.29, 0.717) is 5.56 Å². The van der Waals surface area contributed by atoms with Gasteiger partial charge < -0.3 is 5.32 Å². The average molecular weight is 284 g/mol. The summed E-state index contributed by atoms with van der Waals surface area (Å²) in [6.07, 6.45) is -1.48. The van der Waals surface area contributed by atoms with Crippen LogP contribution in [0.1, 0.15) is 22.7 Å². The van der Waals surface area contributed by atoms with Gasteiger partial charge in [-0.05, 0) is 36.9 Å². The highest BCUT2D eigenvalue weighted by Crippen LogP contribution is 2.33. The van der Waals surface area contributed by atoms with Crippen molar-refractivity contribution >= 4 is 0 Å². The topological polar surface area (TPSA) is 24.9 Å². The molecule has 2 rings (SSSR count). The molecule has 1 aromatic heterocycles. The van der Waals surface area contributed by atoms with Crippen LogP contribution in [-0.2, 0) is 6.18 Å². The molecule has 0 fully saturated rings. The van der Waals surface area contributed by atoms with Crippen LogP contribution in [-0.4, -0.2) is 12.0 Å². The number of aromatic nitrogens is 1. The quantitative estimate of drug-likeness (QED) is 0.872. The van der Waals surface area contributed by atoms with Gasteiger partial charge in [0.1, 0.15) is 5.82 Å². The van der Waals surface area contributed by atoms with Crippen LogP contribution in [0.2, 0.25) is 0 Å². The minimum atomic E-state index is -4.50. The minimum absolute atomic E-state index is 0.0599. The molecule has 106 valence electrons. The summed E-state index contributed by atoms with van der Waals surface area (Å²) in [5, 5.41) is 2.81. The van der Waals surface area contributed by atoms with Crippen LogP contribution in [0.3, 0.4) is 0 Å². The fourth-order valence-electron chi connectivity index (χ4n) is 1.99. The second-order valence-electron chi connectivity index (χ2n) is 4.24. The molecule has 0 aliphatic heterocycles. The van der Waals surface area contributed by atoms with Crippen molar-refractivity contribution in [3.63, 3.8) is 0 Å². The van der Waals surface area contributed by atoms with Crippen LogP contribution in [0.5, 0.6) is 0 Å². The molecule has 1 heterocycles. The number of hydrogen-bond acceptors (Lipinski definition) is 2. The number of alkyl halides is 3. The number of rotatable bonds is 3. The second-order valence-corrected chi connectivity index (χ2v) is 4.24. The summed E-state index contributed by atoms with van der Waals surface area (Å²) in [7, 11) is 1.55. The van der Waals surface area contributed by atoms with Gasteiger partial charge in [0.25, 0.3) is 0 Å². The van der Waals surface area contributed by atoms with Crippen molar-refractivity contribution in [1.82, 2.24) is 10.3 Å². The van der Waals surface area contributed by atoms with Crippen LogP contribution >= 0.6 is 0 Å². The Bertz CT molecular complexity index is 581. The monoisotopic (exact) mass is 284 g/mol. The van der Waals surface area contributed by atoms with E-state index >= 15 is 0 Å². The zero-order chi connectivity index (χ0) is 14.8. The van der Waals surface area contributed by atoms with Gasteiger partial charge in [0.2, 0.25) is 0 Å². The molecule has 0 saturated carbocycles. The highest BCUT2D eigenvalue weighted by Gasteiger charge is 2.32. The molecule has 0 saturated heterocycles. The molecule has 1 atom stereocenters. The van der Waals surface area contributed by atoms with E-state index < -0.39 is 23.6 Å². The molecule has 0 aliphatic carbocycles. The molecule has 2 aromatic rings. The van der Waals surface area contributed by atoms with E-state index in [1.807, 2.05) is 0 Å². The number of hydrogen-bond donors (Lipinski definition) is 1. The van der Waals surface area contributed by atoms with E-state index in [1.54, 1.807) is 25.4 Å². The summed E-state index contributed by atoms with van der Waals surface area (Å²) < 4.78 is 52.0. The molecule has 20 heavy (non-hydrogen) atoms. The Morgan fingerprint density at radius 1 is 1.20 bits per heavy atom. The SMILES string of the molecule is CNC(c1cccnc1)c1cc(C(F)(F)F)ccc1F. The molecule has 2 nitrogen and oxygen atoms in total. The van der Waals surface area contributed by atoms with Gasteiger partial charge in [-0.1, -0.05) is 6.07 Å². The fraction of sp³-hybridized carbons (Fsp3) is 0.214. The predicted octanol–water partition coefficient (Wildman–Crippen LogP) is 3.55. The van der Waals surface area contributed by atoms with Crippen LogP contribution in [0.25, 0.3) is 0 Å². The smallest absolute Gasteiger partial charge is 0.309 e. The molecular weight excluding hydrogens is 272 g/mol. The van der Waals surface area contributed by atoms with Gasteiger partial charge in [-0.2, -0.15) is 13.2 Å². The third-order valence-electron chi connectivity index (χ3n) is 2.94. The Kier molecular flexibility index (Phi) is 4.04. The second kappa shape index (κ2) is 5.58. The molecule has 0 radical (unpaired) electrons. The number of halogens is 4. The van der Waals surface area contributed by atoms with Crippen molar-refractivity contribution in [2.45, 2.75) is 12.2 Å². The van der Waals surface area contributed by atoms with E-state index in [-0.39, 0.29) is 5.56 Å². The Morgan fingerprint density at radius 3 is 2.50 bits per heavy atom. The lowest BCUT2D eigenvalue weighted by Crippen LogP contribution is -2.20. The van der Waals surface area contributed by atoms with Crippen LogP contribution in [0.4, 0.5) is 17.6 Å². The summed E-state index contributed by atoms with van der Waals surface area (Å²) in [4.78, 5) is 3.90. The van der Waals surface area contributed by atoms with Crippen molar-refractivity contribution in [3.05, 3.63) is 65.2 Å². The first-order valence-electron chi connectivity index (χ1n) is 5.87. The van der Waals surface area contributed by atoms with E-state index in [1.165, 1.54) is 6.20 Å². The summed E-state index contributed by atoms with van der Waals surface area (Å²) in [5.41, 5.74) is -0.346. The lowest BCUT2D eigenvalue weighted by atomic mass is 9.97. The van der Waals surface area contributed by atoms with Crippen molar-refractivity contribution in [3.8, 4) is 0 Å². The van der Waals surface area contributed by atoms with Crippen molar-refractivity contribution in [2.75, 3.05) is 7.05 Å². The zero-order valence-corrected chi connectivity index (χ0v) is 10.6. The average Bonchev–Trinajstić information content (AvgIpc) is 2.41. The Labute approximate surface area is 113 Å². The molecule has 0 aliphatic rings. The molecular formula is C14H12F4N2. The number of benzene rings is 1. The Hall–Kier alpha value is -1.95. The van der Waals surface area contributed by atoms with Crippen LogP contribution < -0.4 is 5.32 Å². The third-order valence-corrected chi connectivity index (χ3v) is 2.94. The predicted molar refractivity (Wildman–Crippen MR) is 66.5 cm³/mol. The summed E-state index contributed by atoms with van der Waals surface area (Å²) >= 11 is 0. The maximum Gasteiger partial charge on any atom is 0.416 e. The van der Waals surface area contributed by atoms with Gasteiger partial charge >= 0.3 is 6.18 Å². The van der Waals surface area contributed by atoms with Gasteiger partial charge in [-0.3, -0.25) is 4.98 Å². The molecule has 0 bridgehead atoms. The maximum atomic E-state index is 13.9. The molecule has 0 amide bonds. The maximum absolute atomic E-state index is 13.9. The van der Waals surface area contributed by atoms with Crippen molar-refractivity contribution < 1.29 is 17.6 Å². The van der Waals surface area contributed by atoms with Crippen molar-refractivity contribution in [2.24, 2.45) is 0 Å². The van der Waals surface area contributed by atoms with Gasteiger partial charge in [0.15, 0.2) is 0 Å². The number of nitrogens with zero attached hydrogens (tertiary/aromatic N) is 1. The van der Waals surface area contributed by atoms with Gasteiger partial charge in [-0.15, -0.1) is 0 Å². The lowest BCUT2D eigenvalue weighted by molar-refractivity contribution is -0.137.